The quantitative estimate of drug-likeness (QED) is 0.327. The topological polar surface area (TPSA) is 58.6 Å². The number of amides is 2. The summed E-state index contributed by atoms with van der Waals surface area (Å²) in [6, 6.07) is 11.1. The maximum atomic E-state index is 13.9. The number of nitrogens with one attached hydrogen (secondary N) is 1. The van der Waals surface area contributed by atoms with Crippen LogP contribution in [0.3, 0.4) is 0 Å². The summed E-state index contributed by atoms with van der Waals surface area (Å²) in [4.78, 5) is 26.0. The van der Waals surface area contributed by atoms with Crippen LogP contribution in [0.2, 0.25) is 5.02 Å². The molecule has 2 aromatic carbocycles. The monoisotopic (exact) mass is 430 g/mol. The van der Waals surface area contributed by atoms with Gasteiger partial charge in [0, 0.05) is 12.1 Å². The molecule has 0 unspecified atom stereocenters. The molecule has 1 aliphatic heterocycles. The molecular weight excluding hydrogens is 415 g/mol. The highest BCUT2D eigenvalue weighted by Gasteiger charge is 2.32. The maximum Gasteiger partial charge on any atom is 0.265 e. The van der Waals surface area contributed by atoms with Crippen LogP contribution in [0.15, 0.2) is 60.7 Å². The Morgan fingerprint density at radius 3 is 2.72 bits per heavy atom. The second kappa shape index (κ2) is 8.98. The summed E-state index contributed by atoms with van der Waals surface area (Å²) in [5.74, 6) is -1.12. The average Bonchev–Trinajstić information content (AvgIpc) is 2.68. The first-order valence-electron chi connectivity index (χ1n) is 8.56. The number of thiocarbonyl (C=S) groups is 1. The van der Waals surface area contributed by atoms with E-state index >= 15 is 0 Å². The van der Waals surface area contributed by atoms with Gasteiger partial charge in [0.15, 0.2) is 5.11 Å². The van der Waals surface area contributed by atoms with Gasteiger partial charge >= 0.3 is 0 Å². The lowest BCUT2D eigenvalue weighted by molar-refractivity contribution is -0.128. The first-order valence-corrected chi connectivity index (χ1v) is 9.35. The van der Waals surface area contributed by atoms with E-state index in [0.29, 0.717) is 11.3 Å². The minimum absolute atomic E-state index is 0.0379. The smallest absolute Gasteiger partial charge is 0.265 e. The fourth-order valence-corrected chi connectivity index (χ4v) is 3.14. The first kappa shape index (κ1) is 20.7. The standard InChI is InChI=1S/C21H16ClFN2O3S/c1-2-9-25-20(27)15(19(26)24-21(25)29)11-13-5-3-6-14(10-13)28-12-16-17(22)7-4-8-18(16)23/h2-8,10-11H,1,9,12H2,(H,24,26,29)/b15-11+. The Morgan fingerprint density at radius 1 is 1.24 bits per heavy atom. The van der Waals surface area contributed by atoms with Crippen LogP contribution in [0.1, 0.15) is 11.1 Å². The lowest BCUT2D eigenvalue weighted by Gasteiger charge is -2.27. The van der Waals surface area contributed by atoms with E-state index in [9.17, 15) is 14.0 Å². The van der Waals surface area contributed by atoms with Crippen molar-refractivity contribution in [3.05, 3.63) is 82.7 Å². The third-order valence-corrected chi connectivity index (χ3v) is 4.79. The Morgan fingerprint density at radius 2 is 2.00 bits per heavy atom. The molecule has 2 aromatic rings. The van der Waals surface area contributed by atoms with Crippen LogP contribution in [-0.4, -0.2) is 28.4 Å². The van der Waals surface area contributed by atoms with E-state index in [4.69, 9.17) is 28.6 Å². The van der Waals surface area contributed by atoms with Crippen LogP contribution in [0.25, 0.3) is 6.08 Å². The molecule has 0 spiro atoms. The molecule has 1 fully saturated rings. The summed E-state index contributed by atoms with van der Waals surface area (Å²) < 4.78 is 19.5. The first-order chi connectivity index (χ1) is 13.9. The predicted octanol–water partition coefficient (Wildman–Crippen LogP) is 3.87. The zero-order chi connectivity index (χ0) is 21.0. The summed E-state index contributed by atoms with van der Waals surface area (Å²) in [6.45, 7) is 3.70. The molecule has 1 aliphatic rings. The van der Waals surface area contributed by atoms with Crippen LogP contribution in [0, 0.1) is 5.82 Å². The van der Waals surface area contributed by atoms with E-state index in [1.807, 2.05) is 0 Å². The molecule has 0 atom stereocenters. The zero-order valence-electron chi connectivity index (χ0n) is 15.2. The van der Waals surface area contributed by atoms with E-state index in [2.05, 4.69) is 11.9 Å². The molecule has 0 saturated carbocycles. The number of nitrogens with zero attached hydrogens (tertiary/aromatic N) is 1. The summed E-state index contributed by atoms with van der Waals surface area (Å²) in [7, 11) is 0. The number of carbonyl (C=O) groups excluding carboxylic acids is 2. The fraction of sp³-hybridized carbons (Fsp3) is 0.0952. The Bertz CT molecular complexity index is 1020. The molecule has 29 heavy (non-hydrogen) atoms. The van der Waals surface area contributed by atoms with Gasteiger partial charge in [0.2, 0.25) is 0 Å². The molecule has 0 bridgehead atoms. The Kier molecular flexibility index (Phi) is 6.41. The Labute approximate surface area is 177 Å². The number of hydrogen-bond donors (Lipinski definition) is 1. The minimum atomic E-state index is -0.579. The Hall–Kier alpha value is -3.03. The third-order valence-electron chi connectivity index (χ3n) is 4.11. The highest BCUT2D eigenvalue weighted by Crippen LogP contribution is 2.23. The van der Waals surface area contributed by atoms with E-state index in [0.717, 1.165) is 0 Å². The van der Waals surface area contributed by atoms with Gasteiger partial charge in [-0.2, -0.15) is 0 Å². The van der Waals surface area contributed by atoms with Crippen LogP contribution in [0.5, 0.6) is 5.75 Å². The molecule has 0 aromatic heterocycles. The van der Waals surface area contributed by atoms with Crippen molar-refractivity contribution in [3.8, 4) is 5.75 Å². The van der Waals surface area contributed by atoms with E-state index in [-0.39, 0.29) is 34.4 Å². The average molecular weight is 431 g/mol. The highest BCUT2D eigenvalue weighted by molar-refractivity contribution is 7.80. The van der Waals surface area contributed by atoms with Crippen molar-refractivity contribution >= 4 is 46.8 Å². The lowest BCUT2D eigenvalue weighted by Crippen LogP contribution is -2.53. The SMILES string of the molecule is C=CCN1C(=O)/C(=C/c2cccc(OCc3c(F)cccc3Cl)c2)C(=O)NC1=S. The van der Waals surface area contributed by atoms with Gasteiger partial charge < -0.3 is 4.74 Å². The fourth-order valence-electron chi connectivity index (χ4n) is 2.68. The minimum Gasteiger partial charge on any atom is -0.489 e. The molecule has 2 amide bonds. The number of halogens is 2. The van der Waals surface area contributed by atoms with Gasteiger partial charge in [0.05, 0.1) is 5.02 Å². The number of carbonyl (C=O) groups is 2. The molecule has 5 nitrogen and oxygen atoms in total. The normalized spacial score (nSPS) is 15.4. The molecular formula is C21H16ClFN2O3S. The van der Waals surface area contributed by atoms with Gasteiger partial charge in [0.1, 0.15) is 23.7 Å². The van der Waals surface area contributed by atoms with Crippen molar-refractivity contribution in [1.29, 1.82) is 0 Å². The summed E-state index contributed by atoms with van der Waals surface area (Å²) in [5, 5.41) is 2.79. The maximum absolute atomic E-state index is 13.9. The van der Waals surface area contributed by atoms with Crippen LogP contribution in [0.4, 0.5) is 4.39 Å². The van der Waals surface area contributed by atoms with Crippen LogP contribution in [-0.2, 0) is 16.2 Å². The summed E-state index contributed by atoms with van der Waals surface area (Å²) in [5.41, 5.74) is 0.745. The molecule has 3 rings (SSSR count). The summed E-state index contributed by atoms with van der Waals surface area (Å²) in [6.07, 6.45) is 2.96. The number of ether oxygens (including phenoxy) is 1. The van der Waals surface area contributed by atoms with Gasteiger partial charge in [-0.15, -0.1) is 6.58 Å². The van der Waals surface area contributed by atoms with Gasteiger partial charge in [-0.1, -0.05) is 35.9 Å². The van der Waals surface area contributed by atoms with Crippen LogP contribution < -0.4 is 10.1 Å². The van der Waals surface area contributed by atoms with E-state index < -0.39 is 17.6 Å². The summed E-state index contributed by atoms with van der Waals surface area (Å²) >= 11 is 11.0. The van der Waals surface area contributed by atoms with Gasteiger partial charge in [-0.05, 0) is 48.1 Å². The molecule has 0 aliphatic carbocycles. The number of benzene rings is 2. The third kappa shape index (κ3) is 4.70. The molecule has 8 heteroatoms. The highest BCUT2D eigenvalue weighted by atomic mass is 35.5. The van der Waals surface area contributed by atoms with E-state index in [1.54, 1.807) is 30.3 Å². The van der Waals surface area contributed by atoms with Gasteiger partial charge in [-0.3, -0.25) is 19.8 Å². The van der Waals surface area contributed by atoms with Gasteiger partial charge in [-0.25, -0.2) is 4.39 Å². The molecule has 1 saturated heterocycles. The number of hydrogen-bond acceptors (Lipinski definition) is 4. The van der Waals surface area contributed by atoms with Crippen LogP contribution >= 0.6 is 23.8 Å². The van der Waals surface area contributed by atoms with Crippen molar-refractivity contribution in [2.24, 2.45) is 0 Å². The molecule has 1 heterocycles. The second-order valence-corrected chi connectivity index (χ2v) is 6.88. The zero-order valence-corrected chi connectivity index (χ0v) is 16.7. The van der Waals surface area contributed by atoms with Crippen molar-refractivity contribution in [2.75, 3.05) is 6.54 Å². The molecule has 148 valence electrons. The second-order valence-electron chi connectivity index (χ2n) is 6.08. The van der Waals surface area contributed by atoms with Crippen molar-refractivity contribution < 1.29 is 18.7 Å². The van der Waals surface area contributed by atoms with E-state index in [1.165, 1.54) is 29.2 Å². The number of rotatable bonds is 6. The Balaban J connectivity index is 1.81. The molecule has 1 N–H and O–H groups in total. The largest absolute Gasteiger partial charge is 0.489 e. The van der Waals surface area contributed by atoms with Crippen molar-refractivity contribution in [3.63, 3.8) is 0 Å². The van der Waals surface area contributed by atoms with Gasteiger partial charge in [0.25, 0.3) is 11.8 Å². The predicted molar refractivity (Wildman–Crippen MR) is 113 cm³/mol. The van der Waals surface area contributed by atoms with Crippen molar-refractivity contribution in [1.82, 2.24) is 10.2 Å². The lowest BCUT2D eigenvalue weighted by atomic mass is 10.1. The molecule has 0 radical (unpaired) electrons. The van der Waals surface area contributed by atoms with Crippen molar-refractivity contribution in [2.45, 2.75) is 6.61 Å².